The lowest BCUT2D eigenvalue weighted by molar-refractivity contribution is 0.0528. The zero-order valence-corrected chi connectivity index (χ0v) is 17.6. The quantitative estimate of drug-likeness (QED) is 0.531. The molecule has 3 aromatic rings. The van der Waals surface area contributed by atoms with Crippen molar-refractivity contribution >= 4 is 39.1 Å². The van der Waals surface area contributed by atoms with Gasteiger partial charge in [0.05, 0.1) is 12.2 Å². The van der Waals surface area contributed by atoms with E-state index >= 15 is 0 Å². The smallest absolute Gasteiger partial charge is 0.341 e. The van der Waals surface area contributed by atoms with E-state index in [1.54, 1.807) is 13.0 Å². The molecule has 0 spiro atoms. The Bertz CT molecular complexity index is 1020. The molecular formula is C22H26N2O3S. The molecular weight excluding hydrogens is 372 g/mol. The molecule has 28 heavy (non-hydrogen) atoms. The number of fused-ring (bicyclic) bond motifs is 1. The number of aryl methyl sites for hydroxylation is 3. The van der Waals surface area contributed by atoms with E-state index < -0.39 is 5.97 Å². The predicted octanol–water partition coefficient (Wildman–Crippen LogP) is 5.55. The molecule has 0 aliphatic rings. The Morgan fingerprint density at radius 2 is 1.93 bits per heavy atom. The molecule has 0 saturated carbocycles. The van der Waals surface area contributed by atoms with Gasteiger partial charge >= 0.3 is 5.97 Å². The number of nitrogens with one attached hydrogen (secondary N) is 1. The van der Waals surface area contributed by atoms with Crippen molar-refractivity contribution in [3.05, 3.63) is 52.0 Å². The van der Waals surface area contributed by atoms with Gasteiger partial charge in [-0.2, -0.15) is 0 Å². The van der Waals surface area contributed by atoms with Crippen LogP contribution in [0.25, 0.3) is 10.9 Å². The molecule has 1 aromatic carbocycles. The minimum atomic E-state index is -0.412. The SMILES string of the molecule is CCCCn1c(C(=O)Nc2sc(C)cc2C(=O)OCC)c(C)c2ccccc21. The van der Waals surface area contributed by atoms with E-state index in [9.17, 15) is 9.59 Å². The molecule has 2 heterocycles. The number of carbonyl (C=O) groups excluding carboxylic acids is 2. The van der Waals surface area contributed by atoms with E-state index in [1.807, 2.05) is 38.1 Å². The van der Waals surface area contributed by atoms with Gasteiger partial charge in [0.1, 0.15) is 10.7 Å². The van der Waals surface area contributed by atoms with Crippen molar-refractivity contribution < 1.29 is 14.3 Å². The molecule has 0 bridgehead atoms. The fourth-order valence-corrected chi connectivity index (χ4v) is 4.34. The summed E-state index contributed by atoms with van der Waals surface area (Å²) in [5.74, 6) is -0.609. The van der Waals surface area contributed by atoms with E-state index in [4.69, 9.17) is 4.74 Å². The number of hydrogen-bond acceptors (Lipinski definition) is 4. The van der Waals surface area contributed by atoms with Crippen molar-refractivity contribution in [3.63, 3.8) is 0 Å². The standard InChI is InChI=1S/C22H26N2O3S/c1-5-7-12-24-18-11-9-8-10-16(18)15(4)19(24)20(25)23-21-17(13-14(3)28-21)22(26)27-6-2/h8-11,13H,5-7,12H2,1-4H3,(H,23,25). The lowest BCUT2D eigenvalue weighted by Gasteiger charge is -2.12. The van der Waals surface area contributed by atoms with Crippen molar-refractivity contribution in [1.82, 2.24) is 4.57 Å². The first kappa shape index (κ1) is 20.1. The summed E-state index contributed by atoms with van der Waals surface area (Å²) in [5, 5.41) is 4.58. The maximum atomic E-state index is 13.3. The molecule has 1 N–H and O–H groups in total. The number of thiophene rings is 1. The number of benzene rings is 1. The molecule has 0 unspecified atom stereocenters. The number of unbranched alkanes of at least 4 members (excludes halogenated alkanes) is 1. The number of nitrogens with zero attached hydrogens (tertiary/aromatic N) is 1. The summed E-state index contributed by atoms with van der Waals surface area (Å²) in [6.45, 7) is 8.87. The molecule has 0 aliphatic heterocycles. The maximum absolute atomic E-state index is 13.3. The van der Waals surface area contributed by atoms with Gasteiger partial charge in [0.2, 0.25) is 0 Å². The van der Waals surface area contributed by atoms with Gasteiger partial charge in [0, 0.05) is 22.3 Å². The Kier molecular flexibility index (Phi) is 6.19. The summed E-state index contributed by atoms with van der Waals surface area (Å²) >= 11 is 1.39. The summed E-state index contributed by atoms with van der Waals surface area (Å²) in [5.41, 5.74) is 3.07. The largest absolute Gasteiger partial charge is 0.462 e. The summed E-state index contributed by atoms with van der Waals surface area (Å²) in [6, 6.07) is 9.84. The van der Waals surface area contributed by atoms with Crippen molar-refractivity contribution in [1.29, 1.82) is 0 Å². The van der Waals surface area contributed by atoms with Gasteiger partial charge in [-0.3, -0.25) is 4.79 Å². The van der Waals surface area contributed by atoms with Gasteiger partial charge in [0.25, 0.3) is 5.91 Å². The molecule has 3 rings (SSSR count). The van der Waals surface area contributed by atoms with Gasteiger partial charge in [-0.05, 0) is 44.9 Å². The number of anilines is 1. The Balaban J connectivity index is 2.01. The van der Waals surface area contributed by atoms with Crippen LogP contribution in [-0.2, 0) is 11.3 Å². The number of hydrogen-bond donors (Lipinski definition) is 1. The number of esters is 1. The molecule has 0 fully saturated rings. The second-order valence-electron chi connectivity index (χ2n) is 6.77. The number of rotatable bonds is 7. The fraction of sp³-hybridized carbons (Fsp3) is 0.364. The molecule has 148 valence electrons. The minimum Gasteiger partial charge on any atom is -0.462 e. The van der Waals surface area contributed by atoms with Crippen LogP contribution >= 0.6 is 11.3 Å². The van der Waals surface area contributed by atoms with Crippen LogP contribution in [-0.4, -0.2) is 23.1 Å². The second-order valence-corrected chi connectivity index (χ2v) is 8.03. The van der Waals surface area contributed by atoms with E-state index in [1.165, 1.54) is 11.3 Å². The van der Waals surface area contributed by atoms with Crippen molar-refractivity contribution in [2.45, 2.75) is 47.1 Å². The van der Waals surface area contributed by atoms with E-state index in [2.05, 4.69) is 16.8 Å². The second kappa shape index (κ2) is 8.61. The van der Waals surface area contributed by atoms with Crippen LogP contribution < -0.4 is 5.32 Å². The van der Waals surface area contributed by atoms with Gasteiger partial charge in [0.15, 0.2) is 0 Å². The molecule has 1 amide bonds. The Morgan fingerprint density at radius 1 is 1.18 bits per heavy atom. The monoisotopic (exact) mass is 398 g/mol. The first-order valence-corrected chi connectivity index (χ1v) is 10.5. The third-order valence-electron chi connectivity index (χ3n) is 4.75. The highest BCUT2D eigenvalue weighted by molar-refractivity contribution is 7.16. The molecule has 2 aromatic heterocycles. The van der Waals surface area contributed by atoms with Crippen molar-refractivity contribution in [3.8, 4) is 0 Å². The van der Waals surface area contributed by atoms with Gasteiger partial charge in [-0.15, -0.1) is 11.3 Å². The Hall–Kier alpha value is -2.60. The van der Waals surface area contributed by atoms with E-state index in [0.29, 0.717) is 22.9 Å². The number of aromatic nitrogens is 1. The van der Waals surface area contributed by atoms with Gasteiger partial charge < -0.3 is 14.6 Å². The molecule has 6 heteroatoms. The average Bonchev–Trinajstić information content (AvgIpc) is 3.18. The Labute approximate surface area is 169 Å². The maximum Gasteiger partial charge on any atom is 0.341 e. The topological polar surface area (TPSA) is 60.3 Å². The van der Waals surface area contributed by atoms with Crippen molar-refractivity contribution in [2.75, 3.05) is 11.9 Å². The summed E-state index contributed by atoms with van der Waals surface area (Å²) in [6.07, 6.45) is 2.04. The van der Waals surface area contributed by atoms with Crippen molar-refractivity contribution in [2.24, 2.45) is 0 Å². The number of ether oxygens (including phenoxy) is 1. The third kappa shape index (κ3) is 3.83. The Morgan fingerprint density at radius 3 is 2.64 bits per heavy atom. The van der Waals surface area contributed by atoms with Crippen LogP contribution in [0.5, 0.6) is 0 Å². The van der Waals surface area contributed by atoms with E-state index in [-0.39, 0.29) is 5.91 Å². The van der Waals surface area contributed by atoms with Crippen LogP contribution in [0.15, 0.2) is 30.3 Å². The van der Waals surface area contributed by atoms with Crippen LogP contribution in [0, 0.1) is 13.8 Å². The minimum absolute atomic E-state index is 0.197. The summed E-state index contributed by atoms with van der Waals surface area (Å²) in [4.78, 5) is 26.4. The molecule has 0 saturated heterocycles. The zero-order chi connectivity index (χ0) is 20.3. The van der Waals surface area contributed by atoms with E-state index in [0.717, 1.165) is 40.7 Å². The average molecular weight is 399 g/mol. The van der Waals surface area contributed by atoms with Crippen LogP contribution in [0.4, 0.5) is 5.00 Å². The normalized spacial score (nSPS) is 11.0. The lowest BCUT2D eigenvalue weighted by atomic mass is 10.1. The third-order valence-corrected chi connectivity index (χ3v) is 5.72. The predicted molar refractivity (Wildman–Crippen MR) is 115 cm³/mol. The fourth-order valence-electron chi connectivity index (χ4n) is 3.45. The van der Waals surface area contributed by atoms with Crippen LogP contribution in [0.3, 0.4) is 0 Å². The van der Waals surface area contributed by atoms with Crippen LogP contribution in [0.2, 0.25) is 0 Å². The highest BCUT2D eigenvalue weighted by Gasteiger charge is 2.23. The number of para-hydroxylation sites is 1. The molecule has 5 nitrogen and oxygen atoms in total. The summed E-state index contributed by atoms with van der Waals surface area (Å²) < 4.78 is 7.22. The zero-order valence-electron chi connectivity index (χ0n) is 16.8. The molecule has 0 aliphatic carbocycles. The first-order valence-electron chi connectivity index (χ1n) is 9.64. The number of carbonyl (C=O) groups is 2. The highest BCUT2D eigenvalue weighted by atomic mass is 32.1. The van der Waals surface area contributed by atoms with Gasteiger partial charge in [-0.1, -0.05) is 31.5 Å². The summed E-state index contributed by atoms with van der Waals surface area (Å²) in [7, 11) is 0. The molecule has 0 radical (unpaired) electrons. The molecule has 0 atom stereocenters. The lowest BCUT2D eigenvalue weighted by Crippen LogP contribution is -2.19. The number of amides is 1. The first-order chi connectivity index (χ1) is 13.5. The van der Waals surface area contributed by atoms with Gasteiger partial charge in [-0.25, -0.2) is 4.79 Å². The highest BCUT2D eigenvalue weighted by Crippen LogP contribution is 2.31. The van der Waals surface area contributed by atoms with Crippen LogP contribution in [0.1, 0.15) is 58.0 Å².